The largest absolute Gasteiger partial charge is 0.321 e. The number of carbonyl (C=O) groups excluding carboxylic acids is 1. The van der Waals surface area contributed by atoms with Crippen LogP contribution in [0.1, 0.15) is 57.1 Å². The molecule has 0 aromatic heterocycles. The predicted molar refractivity (Wildman–Crippen MR) is 104 cm³/mol. The van der Waals surface area contributed by atoms with Crippen molar-refractivity contribution in [1.82, 2.24) is 0 Å². The molecule has 136 valence electrons. The van der Waals surface area contributed by atoms with Crippen LogP contribution < -0.4 is 5.32 Å². The number of anilines is 1. The van der Waals surface area contributed by atoms with Crippen molar-refractivity contribution in [2.45, 2.75) is 65.8 Å². The molecule has 4 nitrogen and oxygen atoms in total. The number of likely N-dealkylation sites (N-methyl/N-ethyl adjacent to an activating group) is 1. The lowest BCUT2D eigenvalue weighted by molar-refractivity contribution is -0.940. The fourth-order valence-electron chi connectivity index (χ4n) is 4.40. The molecule has 1 saturated heterocycles. The number of nitrogens with one attached hydrogen (secondary N) is 1. The summed E-state index contributed by atoms with van der Waals surface area (Å²) in [4.78, 5) is 16.7. The summed E-state index contributed by atoms with van der Waals surface area (Å²) in [6, 6.07) is 3.71. The highest BCUT2D eigenvalue weighted by molar-refractivity contribution is 5.95. The maximum absolute atomic E-state index is 13.2. The zero-order valence-electron chi connectivity index (χ0n) is 16.2. The highest BCUT2D eigenvalue weighted by atomic mass is 16.2. The van der Waals surface area contributed by atoms with Crippen molar-refractivity contribution in [3.05, 3.63) is 34.7 Å². The number of carbonyl (C=O) groups is 1. The monoisotopic (exact) mass is 342 g/mol. The van der Waals surface area contributed by atoms with Crippen LogP contribution in [0.4, 0.5) is 11.4 Å². The minimum Gasteiger partial charge on any atom is -0.321 e. The normalized spacial score (nSPS) is 18.0. The van der Waals surface area contributed by atoms with Crippen LogP contribution in [0.5, 0.6) is 0 Å². The number of likely N-dealkylation sites (tertiary alicyclic amines) is 1. The van der Waals surface area contributed by atoms with Gasteiger partial charge in [-0.3, -0.25) is 4.79 Å². The summed E-state index contributed by atoms with van der Waals surface area (Å²) >= 11 is 0. The third-order valence-electron chi connectivity index (χ3n) is 5.83. The van der Waals surface area contributed by atoms with Crippen LogP contribution >= 0.6 is 0 Å². The van der Waals surface area contributed by atoms with Crippen LogP contribution in [0.15, 0.2) is 12.1 Å². The van der Waals surface area contributed by atoms with E-state index in [-0.39, 0.29) is 11.9 Å². The number of amides is 1. The number of rotatable bonds is 5. The Labute approximate surface area is 152 Å². The Morgan fingerprint density at radius 1 is 1.16 bits per heavy atom. The molecule has 0 aliphatic carbocycles. The van der Waals surface area contributed by atoms with Gasteiger partial charge in [-0.1, -0.05) is 19.1 Å². The fourth-order valence-corrected chi connectivity index (χ4v) is 4.40. The standard InChI is InChI=1S/C21H31N3O/c1-6-19(24(7-2)12-10-8-9-11-13-24)21(25)23-20-16(3)14-18(22-5)15-17(20)4/h14-15,19H,6-13H2,1-4H3/p+1. The zero-order chi connectivity index (χ0) is 18.4. The van der Waals surface area contributed by atoms with Gasteiger partial charge in [0, 0.05) is 12.1 Å². The van der Waals surface area contributed by atoms with E-state index in [0.29, 0.717) is 5.69 Å². The fraction of sp³-hybridized carbons (Fsp3) is 0.619. The van der Waals surface area contributed by atoms with Crippen molar-refractivity contribution < 1.29 is 9.28 Å². The molecule has 0 radical (unpaired) electrons. The van der Waals surface area contributed by atoms with Crippen LogP contribution in [-0.2, 0) is 4.79 Å². The number of hydrogen-bond acceptors (Lipinski definition) is 1. The van der Waals surface area contributed by atoms with E-state index in [1.54, 1.807) is 0 Å². The molecule has 1 unspecified atom stereocenters. The van der Waals surface area contributed by atoms with Crippen molar-refractivity contribution >= 4 is 17.3 Å². The predicted octanol–water partition coefficient (Wildman–Crippen LogP) is 4.98. The summed E-state index contributed by atoms with van der Waals surface area (Å²) in [5.74, 6) is 0.132. The van der Waals surface area contributed by atoms with E-state index in [1.165, 1.54) is 25.7 Å². The quantitative estimate of drug-likeness (QED) is 0.594. The zero-order valence-corrected chi connectivity index (χ0v) is 16.2. The molecule has 1 aromatic rings. The van der Waals surface area contributed by atoms with E-state index >= 15 is 0 Å². The van der Waals surface area contributed by atoms with Gasteiger partial charge < -0.3 is 9.80 Å². The highest BCUT2D eigenvalue weighted by Gasteiger charge is 2.39. The number of aryl methyl sites for hydroxylation is 2. The molecule has 2 rings (SSSR count). The first-order valence-corrected chi connectivity index (χ1v) is 9.62. The molecule has 1 atom stereocenters. The van der Waals surface area contributed by atoms with Crippen LogP contribution in [0.2, 0.25) is 0 Å². The smallest absolute Gasteiger partial charge is 0.282 e. The van der Waals surface area contributed by atoms with Gasteiger partial charge in [0.25, 0.3) is 5.91 Å². The van der Waals surface area contributed by atoms with Gasteiger partial charge in [-0.15, -0.1) is 0 Å². The molecule has 1 heterocycles. The van der Waals surface area contributed by atoms with Crippen molar-refractivity contribution in [3.8, 4) is 0 Å². The summed E-state index contributed by atoms with van der Waals surface area (Å²) in [6.45, 7) is 18.7. The van der Waals surface area contributed by atoms with Gasteiger partial charge in [-0.25, -0.2) is 4.85 Å². The first-order valence-electron chi connectivity index (χ1n) is 9.62. The Hall–Kier alpha value is -1.86. The van der Waals surface area contributed by atoms with E-state index < -0.39 is 0 Å². The third-order valence-corrected chi connectivity index (χ3v) is 5.83. The van der Waals surface area contributed by atoms with E-state index in [4.69, 9.17) is 6.57 Å². The molecule has 1 aliphatic heterocycles. The SMILES string of the molecule is [C-]#[N+]c1cc(C)c(NC(=O)C(CC)[N+]2(CC)CCCCCC2)c(C)c1. The first-order chi connectivity index (χ1) is 12.0. The minimum absolute atomic E-state index is 0.00226. The summed E-state index contributed by atoms with van der Waals surface area (Å²) in [6.07, 6.45) is 5.87. The van der Waals surface area contributed by atoms with E-state index in [1.807, 2.05) is 26.0 Å². The van der Waals surface area contributed by atoms with Crippen molar-refractivity contribution in [2.24, 2.45) is 0 Å². The molecule has 0 spiro atoms. The minimum atomic E-state index is 0.00226. The topological polar surface area (TPSA) is 33.5 Å². The second kappa shape index (κ2) is 8.49. The lowest BCUT2D eigenvalue weighted by atomic mass is 10.0. The molecule has 1 aliphatic rings. The average Bonchev–Trinajstić information content (AvgIpc) is 2.85. The second-order valence-electron chi connectivity index (χ2n) is 7.38. The number of benzene rings is 1. The average molecular weight is 343 g/mol. The summed E-state index contributed by atoms with van der Waals surface area (Å²) in [5, 5.41) is 3.20. The van der Waals surface area contributed by atoms with Gasteiger partial charge in [-0.05, 0) is 57.6 Å². The number of nitrogens with zero attached hydrogens (tertiary/aromatic N) is 2. The van der Waals surface area contributed by atoms with Crippen LogP contribution in [-0.4, -0.2) is 36.1 Å². The van der Waals surface area contributed by atoms with Crippen molar-refractivity contribution in [3.63, 3.8) is 0 Å². The third kappa shape index (κ3) is 4.22. The Balaban J connectivity index is 2.27. The second-order valence-corrected chi connectivity index (χ2v) is 7.38. The molecule has 25 heavy (non-hydrogen) atoms. The molecule has 0 saturated carbocycles. The Morgan fingerprint density at radius 3 is 2.16 bits per heavy atom. The molecule has 1 aromatic carbocycles. The van der Waals surface area contributed by atoms with E-state index in [0.717, 1.165) is 47.4 Å². The Morgan fingerprint density at radius 2 is 1.72 bits per heavy atom. The van der Waals surface area contributed by atoms with Gasteiger partial charge >= 0.3 is 0 Å². The van der Waals surface area contributed by atoms with E-state index in [2.05, 4.69) is 24.0 Å². The van der Waals surface area contributed by atoms with Gasteiger partial charge in [0.1, 0.15) is 0 Å². The molecule has 4 heteroatoms. The molecule has 1 amide bonds. The summed E-state index contributed by atoms with van der Waals surface area (Å²) < 4.78 is 0.917. The van der Waals surface area contributed by atoms with Crippen LogP contribution in [0.25, 0.3) is 4.85 Å². The van der Waals surface area contributed by atoms with Gasteiger partial charge in [0.2, 0.25) is 0 Å². The molecular weight excluding hydrogens is 310 g/mol. The lowest BCUT2D eigenvalue weighted by Crippen LogP contribution is -2.60. The molecule has 0 bridgehead atoms. The van der Waals surface area contributed by atoms with Gasteiger partial charge in [0.15, 0.2) is 11.7 Å². The summed E-state index contributed by atoms with van der Waals surface area (Å²) in [5.41, 5.74) is 3.44. The Kier molecular flexibility index (Phi) is 6.61. The first kappa shape index (κ1) is 19.5. The van der Waals surface area contributed by atoms with Gasteiger partial charge in [0.05, 0.1) is 26.2 Å². The number of hydrogen-bond donors (Lipinski definition) is 1. The molecule has 1 fully saturated rings. The lowest BCUT2D eigenvalue weighted by Gasteiger charge is -2.42. The van der Waals surface area contributed by atoms with Crippen LogP contribution in [0, 0.1) is 20.4 Å². The van der Waals surface area contributed by atoms with Crippen molar-refractivity contribution in [2.75, 3.05) is 25.0 Å². The number of quaternary nitrogens is 1. The maximum atomic E-state index is 13.2. The van der Waals surface area contributed by atoms with Crippen molar-refractivity contribution in [1.29, 1.82) is 0 Å². The summed E-state index contributed by atoms with van der Waals surface area (Å²) in [7, 11) is 0. The Bertz CT molecular complexity index is 629. The molecule has 1 N–H and O–H groups in total. The van der Waals surface area contributed by atoms with Gasteiger partial charge in [-0.2, -0.15) is 0 Å². The van der Waals surface area contributed by atoms with Crippen LogP contribution in [0.3, 0.4) is 0 Å². The maximum Gasteiger partial charge on any atom is 0.282 e. The molecular formula is C21H32N3O+. The highest BCUT2D eigenvalue weighted by Crippen LogP contribution is 2.29. The van der Waals surface area contributed by atoms with E-state index in [9.17, 15) is 4.79 Å².